The summed E-state index contributed by atoms with van der Waals surface area (Å²) in [6.07, 6.45) is 6.75. The van der Waals surface area contributed by atoms with Crippen LogP contribution in [0, 0.1) is 0 Å². The molecule has 1 rings (SSSR count). The molecule has 1 aromatic rings. The third-order valence-corrected chi connectivity index (χ3v) is 3.82. The lowest BCUT2D eigenvalue weighted by molar-refractivity contribution is 0.141. The molecular formula is C20H31N5O3. The zero-order valence-electron chi connectivity index (χ0n) is 17.3. The Balaban J connectivity index is 3.31. The van der Waals surface area contributed by atoms with Crippen LogP contribution in [0.25, 0.3) is 0 Å². The summed E-state index contributed by atoms with van der Waals surface area (Å²) in [4.78, 5) is 14.5. The topological polar surface area (TPSA) is 95.1 Å². The van der Waals surface area contributed by atoms with Crippen molar-refractivity contribution in [2.24, 2.45) is 4.99 Å². The van der Waals surface area contributed by atoms with Crippen LogP contribution in [0.3, 0.4) is 0 Å². The van der Waals surface area contributed by atoms with Gasteiger partial charge in [-0.25, -0.2) is 0 Å². The first kappa shape index (κ1) is 23.3. The van der Waals surface area contributed by atoms with Crippen LogP contribution < -0.4 is 15.4 Å². The fraction of sp³-hybridized carbons (Fsp3) is 0.450. The Labute approximate surface area is 167 Å². The van der Waals surface area contributed by atoms with Gasteiger partial charge in [-0.1, -0.05) is 23.8 Å². The number of methoxy groups -OCH3 is 2. The van der Waals surface area contributed by atoms with E-state index >= 15 is 0 Å². The highest BCUT2D eigenvalue weighted by Crippen LogP contribution is 2.33. The summed E-state index contributed by atoms with van der Waals surface area (Å²) in [6.45, 7) is 13.0. The van der Waals surface area contributed by atoms with Crippen molar-refractivity contribution in [2.75, 3.05) is 51.3 Å². The van der Waals surface area contributed by atoms with Crippen LogP contribution in [-0.2, 0) is 9.47 Å². The summed E-state index contributed by atoms with van der Waals surface area (Å²) in [5.74, 6) is 0.678. The number of hydrogen-bond acceptors (Lipinski definition) is 8. The zero-order chi connectivity index (χ0) is 20.9. The molecule has 1 heterocycles. The minimum absolute atomic E-state index is 0.150. The lowest BCUT2D eigenvalue weighted by atomic mass is 10.1. The van der Waals surface area contributed by atoms with Gasteiger partial charge in [0.1, 0.15) is 19.0 Å². The molecule has 0 unspecified atom stereocenters. The number of allylic oxidation sites excluding steroid dienone is 4. The van der Waals surface area contributed by atoms with Crippen molar-refractivity contribution >= 4 is 24.0 Å². The average molecular weight is 390 g/mol. The molecule has 0 radical (unpaired) electrons. The van der Waals surface area contributed by atoms with Crippen molar-refractivity contribution in [1.29, 1.82) is 0 Å². The summed E-state index contributed by atoms with van der Waals surface area (Å²) in [5.41, 5.74) is 8.74. The Morgan fingerprint density at radius 2 is 2.00 bits per heavy atom. The molecule has 0 fully saturated rings. The molecule has 0 aliphatic rings. The number of anilines is 2. The molecule has 0 aromatic carbocycles. The number of ether oxygens (including phenoxy) is 3. The smallest absolute Gasteiger partial charge is 0.320 e. The van der Waals surface area contributed by atoms with E-state index < -0.39 is 0 Å². The Hall–Kier alpha value is -2.71. The van der Waals surface area contributed by atoms with Crippen LogP contribution in [0.15, 0.2) is 40.9 Å². The molecule has 28 heavy (non-hydrogen) atoms. The van der Waals surface area contributed by atoms with Crippen molar-refractivity contribution in [3.8, 4) is 6.01 Å². The normalized spacial score (nSPS) is 12.0. The van der Waals surface area contributed by atoms with Crippen molar-refractivity contribution in [3.05, 3.63) is 36.0 Å². The fourth-order valence-electron chi connectivity index (χ4n) is 2.43. The second-order valence-electron chi connectivity index (χ2n) is 6.01. The highest BCUT2D eigenvalue weighted by molar-refractivity contribution is 5.75. The second kappa shape index (κ2) is 12.6. The van der Waals surface area contributed by atoms with Crippen molar-refractivity contribution in [2.45, 2.75) is 20.3 Å². The van der Waals surface area contributed by atoms with Crippen LogP contribution in [-0.4, -0.2) is 57.4 Å². The molecule has 0 amide bonds. The number of rotatable bonds is 13. The van der Waals surface area contributed by atoms with Gasteiger partial charge >= 0.3 is 6.01 Å². The Kier molecular flexibility index (Phi) is 10.5. The van der Waals surface area contributed by atoms with E-state index in [2.05, 4.69) is 34.3 Å². The molecule has 0 saturated heterocycles. The van der Waals surface area contributed by atoms with Crippen LogP contribution in [0.2, 0.25) is 0 Å². The van der Waals surface area contributed by atoms with Crippen LogP contribution >= 0.6 is 0 Å². The third-order valence-electron chi connectivity index (χ3n) is 3.82. The highest BCUT2D eigenvalue weighted by Gasteiger charge is 2.19. The van der Waals surface area contributed by atoms with E-state index in [1.165, 1.54) is 0 Å². The molecule has 0 atom stereocenters. The quantitative estimate of drug-likeness (QED) is 0.182. The number of nitrogens with two attached hydrogens (primary N) is 1. The molecule has 154 valence electrons. The van der Waals surface area contributed by atoms with Gasteiger partial charge in [-0.2, -0.15) is 9.97 Å². The SMILES string of the molecule is C=CC/C(=C\C(C)=C/C)CN(COC)c1nc(OCCOC)nc(N)c1N=C. The van der Waals surface area contributed by atoms with Crippen LogP contribution in [0.4, 0.5) is 17.3 Å². The number of aromatic nitrogens is 2. The summed E-state index contributed by atoms with van der Waals surface area (Å²) >= 11 is 0. The monoisotopic (exact) mass is 389 g/mol. The molecule has 0 spiro atoms. The Morgan fingerprint density at radius 3 is 2.57 bits per heavy atom. The molecule has 8 nitrogen and oxygen atoms in total. The molecule has 0 saturated carbocycles. The van der Waals surface area contributed by atoms with E-state index in [-0.39, 0.29) is 18.6 Å². The first-order valence-electron chi connectivity index (χ1n) is 8.93. The van der Waals surface area contributed by atoms with E-state index in [9.17, 15) is 0 Å². The summed E-state index contributed by atoms with van der Waals surface area (Å²) in [5, 5.41) is 0. The average Bonchev–Trinajstić information content (AvgIpc) is 2.67. The van der Waals surface area contributed by atoms with Gasteiger partial charge in [0, 0.05) is 20.8 Å². The molecular weight excluding hydrogens is 358 g/mol. The first-order chi connectivity index (χ1) is 13.5. The molecule has 8 heteroatoms. The second-order valence-corrected chi connectivity index (χ2v) is 6.01. The van der Waals surface area contributed by atoms with Gasteiger partial charge < -0.3 is 24.8 Å². The van der Waals surface area contributed by atoms with Gasteiger partial charge in [-0.15, -0.1) is 6.58 Å². The number of aliphatic imine (C=N–C) groups is 1. The van der Waals surface area contributed by atoms with Crippen LogP contribution in [0.1, 0.15) is 20.3 Å². The standard InChI is InChI=1S/C20H31N5O3/c1-7-9-16(12-15(3)8-2)13-25(14-27-6)19-17(22-4)18(21)23-20(24-19)28-11-10-26-5/h7-8,12H,1,4,9-11,13-14H2,2-3,5-6H3,(H2,21,23,24)/b15-8-,16-12+. The first-order valence-corrected chi connectivity index (χ1v) is 8.93. The Morgan fingerprint density at radius 1 is 1.25 bits per heavy atom. The van der Waals surface area contributed by atoms with Gasteiger partial charge in [-0.3, -0.25) is 4.99 Å². The minimum atomic E-state index is 0.150. The maximum absolute atomic E-state index is 6.06. The number of nitrogen functional groups attached to an aromatic ring is 1. The predicted molar refractivity (Wildman–Crippen MR) is 115 cm³/mol. The number of hydrogen-bond donors (Lipinski definition) is 1. The molecule has 0 aliphatic heterocycles. The lowest BCUT2D eigenvalue weighted by Crippen LogP contribution is -2.29. The molecule has 0 aliphatic carbocycles. The summed E-state index contributed by atoms with van der Waals surface area (Å²) in [6, 6.07) is 0.150. The zero-order valence-corrected chi connectivity index (χ0v) is 17.3. The molecule has 2 N–H and O–H groups in total. The summed E-state index contributed by atoms with van der Waals surface area (Å²) < 4.78 is 15.9. The minimum Gasteiger partial charge on any atom is -0.461 e. The van der Waals surface area contributed by atoms with Gasteiger partial charge in [0.15, 0.2) is 11.6 Å². The van der Waals surface area contributed by atoms with Gasteiger partial charge in [0.2, 0.25) is 0 Å². The predicted octanol–water partition coefficient (Wildman–Crippen LogP) is 3.30. The van der Waals surface area contributed by atoms with E-state index in [1.807, 2.05) is 30.9 Å². The van der Waals surface area contributed by atoms with E-state index in [1.54, 1.807) is 14.2 Å². The lowest BCUT2D eigenvalue weighted by Gasteiger charge is -2.26. The van der Waals surface area contributed by atoms with E-state index in [0.29, 0.717) is 31.3 Å². The maximum Gasteiger partial charge on any atom is 0.320 e. The third kappa shape index (κ3) is 7.13. The summed E-state index contributed by atoms with van der Waals surface area (Å²) in [7, 11) is 3.21. The highest BCUT2D eigenvalue weighted by atomic mass is 16.5. The van der Waals surface area contributed by atoms with E-state index in [4.69, 9.17) is 19.9 Å². The van der Waals surface area contributed by atoms with Crippen LogP contribution in [0.5, 0.6) is 6.01 Å². The van der Waals surface area contributed by atoms with Gasteiger partial charge in [0.25, 0.3) is 0 Å². The van der Waals surface area contributed by atoms with Crippen molar-refractivity contribution in [1.82, 2.24) is 9.97 Å². The Bertz CT molecular complexity index is 716. The largest absolute Gasteiger partial charge is 0.461 e. The molecule has 1 aromatic heterocycles. The molecule has 0 bridgehead atoms. The number of nitrogens with zero attached hydrogens (tertiary/aromatic N) is 4. The van der Waals surface area contributed by atoms with Crippen molar-refractivity contribution in [3.63, 3.8) is 0 Å². The van der Waals surface area contributed by atoms with Crippen molar-refractivity contribution < 1.29 is 14.2 Å². The van der Waals surface area contributed by atoms with E-state index in [0.717, 1.165) is 17.6 Å². The maximum atomic E-state index is 6.06. The fourth-order valence-corrected chi connectivity index (χ4v) is 2.43. The van der Waals surface area contributed by atoms with Gasteiger partial charge in [-0.05, 0) is 32.6 Å². The van der Waals surface area contributed by atoms with Gasteiger partial charge in [0.05, 0.1) is 6.61 Å².